The Hall–Kier alpha value is -1.45. The largest absolute Gasteiger partial charge is 0.467 e. The Bertz CT molecular complexity index is 243. The Morgan fingerprint density at radius 2 is 2.50 bits per heavy atom. The van der Waals surface area contributed by atoms with Gasteiger partial charge in [0.15, 0.2) is 0 Å². The van der Waals surface area contributed by atoms with Gasteiger partial charge in [-0.15, -0.1) is 0 Å². The van der Waals surface area contributed by atoms with Gasteiger partial charge in [0, 0.05) is 0 Å². The van der Waals surface area contributed by atoms with Crippen molar-refractivity contribution in [1.82, 2.24) is 5.32 Å². The van der Waals surface area contributed by atoms with E-state index >= 15 is 0 Å². The third-order valence-corrected chi connectivity index (χ3v) is 1.49. The molecule has 4 heteroatoms. The van der Waals surface area contributed by atoms with Gasteiger partial charge in [-0.25, -0.2) is 4.79 Å². The maximum atomic E-state index is 10.7. The average Bonchev–Trinajstić information content (AvgIpc) is 2.56. The van der Waals surface area contributed by atoms with E-state index in [2.05, 4.69) is 10.1 Å². The molecule has 1 amide bonds. The van der Waals surface area contributed by atoms with E-state index in [0.29, 0.717) is 5.76 Å². The molecule has 0 aromatic carbocycles. The van der Waals surface area contributed by atoms with E-state index in [1.54, 1.807) is 18.4 Å². The average molecular weight is 169 g/mol. The van der Waals surface area contributed by atoms with Gasteiger partial charge < -0.3 is 14.5 Å². The molecule has 1 aromatic rings. The molecule has 0 saturated carbocycles. The molecule has 0 spiro atoms. The molecule has 0 aliphatic rings. The van der Waals surface area contributed by atoms with E-state index in [1.165, 1.54) is 7.11 Å². The number of alkyl carbamates (subject to hydrolysis) is 1. The highest BCUT2D eigenvalue weighted by Gasteiger charge is 2.10. The van der Waals surface area contributed by atoms with Gasteiger partial charge in [-0.05, 0) is 19.1 Å². The van der Waals surface area contributed by atoms with Crippen LogP contribution in [-0.4, -0.2) is 13.2 Å². The number of carbonyl (C=O) groups is 1. The monoisotopic (exact) mass is 169 g/mol. The molecule has 0 bridgehead atoms. The van der Waals surface area contributed by atoms with E-state index in [0.717, 1.165) is 0 Å². The zero-order chi connectivity index (χ0) is 8.97. The molecule has 0 aliphatic carbocycles. The van der Waals surface area contributed by atoms with Gasteiger partial charge in [-0.1, -0.05) is 0 Å². The summed E-state index contributed by atoms with van der Waals surface area (Å²) in [6, 6.07) is 3.40. The first-order valence-corrected chi connectivity index (χ1v) is 3.62. The second-order valence-electron chi connectivity index (χ2n) is 2.37. The highest BCUT2D eigenvalue weighted by molar-refractivity contribution is 5.67. The SMILES string of the molecule is COC(=O)NC(C)c1ccco1. The third-order valence-electron chi connectivity index (χ3n) is 1.49. The Kier molecular flexibility index (Phi) is 2.74. The van der Waals surface area contributed by atoms with Crippen molar-refractivity contribution in [1.29, 1.82) is 0 Å². The molecular weight excluding hydrogens is 158 g/mol. The zero-order valence-corrected chi connectivity index (χ0v) is 7.03. The molecule has 4 nitrogen and oxygen atoms in total. The number of methoxy groups -OCH3 is 1. The first-order valence-electron chi connectivity index (χ1n) is 3.62. The van der Waals surface area contributed by atoms with Gasteiger partial charge in [0.25, 0.3) is 0 Å². The predicted molar refractivity (Wildman–Crippen MR) is 42.7 cm³/mol. The fourth-order valence-corrected chi connectivity index (χ4v) is 0.844. The van der Waals surface area contributed by atoms with Crippen LogP contribution in [0.25, 0.3) is 0 Å². The summed E-state index contributed by atoms with van der Waals surface area (Å²) in [5.41, 5.74) is 0. The summed E-state index contributed by atoms with van der Waals surface area (Å²) in [6.07, 6.45) is 1.10. The number of amides is 1. The third kappa shape index (κ3) is 2.02. The Morgan fingerprint density at radius 3 is 3.00 bits per heavy atom. The van der Waals surface area contributed by atoms with Crippen molar-refractivity contribution in [2.75, 3.05) is 7.11 Å². The summed E-state index contributed by atoms with van der Waals surface area (Å²) in [5, 5.41) is 2.58. The number of furan rings is 1. The van der Waals surface area contributed by atoms with Gasteiger partial charge in [0.2, 0.25) is 0 Å². The maximum absolute atomic E-state index is 10.7. The fraction of sp³-hybridized carbons (Fsp3) is 0.375. The lowest BCUT2D eigenvalue weighted by atomic mass is 10.3. The van der Waals surface area contributed by atoms with Crippen LogP contribution < -0.4 is 5.32 Å². The standard InChI is InChI=1S/C8H11NO3/c1-6(9-8(10)11-2)7-4-3-5-12-7/h3-6H,1-2H3,(H,9,10). The van der Waals surface area contributed by atoms with Crippen LogP contribution in [0.15, 0.2) is 22.8 Å². The molecule has 1 rings (SSSR count). The van der Waals surface area contributed by atoms with Crippen molar-refractivity contribution >= 4 is 6.09 Å². The van der Waals surface area contributed by atoms with Crippen LogP contribution in [0.4, 0.5) is 4.79 Å². The maximum Gasteiger partial charge on any atom is 0.407 e. The molecule has 66 valence electrons. The van der Waals surface area contributed by atoms with E-state index in [1.807, 2.05) is 6.92 Å². The second-order valence-corrected chi connectivity index (χ2v) is 2.37. The van der Waals surface area contributed by atoms with Gasteiger partial charge in [0.1, 0.15) is 5.76 Å². The normalized spacial score (nSPS) is 12.2. The highest BCUT2D eigenvalue weighted by Crippen LogP contribution is 2.11. The molecule has 1 atom stereocenters. The molecule has 1 N–H and O–H groups in total. The molecule has 1 heterocycles. The quantitative estimate of drug-likeness (QED) is 0.733. The summed E-state index contributed by atoms with van der Waals surface area (Å²) < 4.78 is 9.50. The zero-order valence-electron chi connectivity index (χ0n) is 7.03. The van der Waals surface area contributed by atoms with E-state index < -0.39 is 6.09 Å². The van der Waals surface area contributed by atoms with Crippen LogP contribution in [0.2, 0.25) is 0 Å². The molecule has 0 radical (unpaired) electrons. The fourth-order valence-electron chi connectivity index (χ4n) is 0.844. The van der Waals surface area contributed by atoms with Gasteiger partial charge >= 0.3 is 6.09 Å². The van der Waals surface area contributed by atoms with Crippen molar-refractivity contribution in [3.63, 3.8) is 0 Å². The molecule has 0 aliphatic heterocycles. The van der Waals surface area contributed by atoms with Gasteiger partial charge in [-0.3, -0.25) is 0 Å². The Morgan fingerprint density at radius 1 is 1.75 bits per heavy atom. The first kappa shape index (κ1) is 8.64. The topological polar surface area (TPSA) is 51.5 Å². The van der Waals surface area contributed by atoms with E-state index in [-0.39, 0.29) is 6.04 Å². The minimum absolute atomic E-state index is 0.160. The summed E-state index contributed by atoms with van der Waals surface area (Å²) in [4.78, 5) is 10.7. The molecule has 0 fully saturated rings. The molecule has 1 unspecified atom stereocenters. The van der Waals surface area contributed by atoms with E-state index in [4.69, 9.17) is 4.42 Å². The minimum Gasteiger partial charge on any atom is -0.467 e. The van der Waals surface area contributed by atoms with Crippen LogP contribution in [-0.2, 0) is 4.74 Å². The van der Waals surface area contributed by atoms with Crippen molar-refractivity contribution < 1.29 is 13.9 Å². The highest BCUT2D eigenvalue weighted by atomic mass is 16.5. The lowest BCUT2D eigenvalue weighted by molar-refractivity contribution is 0.166. The number of hydrogen-bond donors (Lipinski definition) is 1. The molecule has 0 saturated heterocycles. The van der Waals surface area contributed by atoms with Crippen LogP contribution >= 0.6 is 0 Å². The Balaban J connectivity index is 2.49. The molecular formula is C8H11NO3. The Labute approximate surface area is 70.5 Å². The lowest BCUT2D eigenvalue weighted by Crippen LogP contribution is -2.25. The second kappa shape index (κ2) is 3.80. The summed E-state index contributed by atoms with van der Waals surface area (Å²) in [6.45, 7) is 1.82. The van der Waals surface area contributed by atoms with E-state index in [9.17, 15) is 4.79 Å². The van der Waals surface area contributed by atoms with Crippen LogP contribution in [0.5, 0.6) is 0 Å². The smallest absolute Gasteiger partial charge is 0.407 e. The lowest BCUT2D eigenvalue weighted by Gasteiger charge is -2.09. The molecule has 1 aromatic heterocycles. The minimum atomic E-state index is -0.459. The number of rotatable bonds is 2. The van der Waals surface area contributed by atoms with Crippen molar-refractivity contribution in [3.05, 3.63) is 24.2 Å². The van der Waals surface area contributed by atoms with Gasteiger partial charge in [0.05, 0.1) is 19.4 Å². The number of hydrogen-bond acceptors (Lipinski definition) is 3. The number of nitrogens with one attached hydrogen (secondary N) is 1. The van der Waals surface area contributed by atoms with Crippen LogP contribution in [0.1, 0.15) is 18.7 Å². The van der Waals surface area contributed by atoms with Crippen molar-refractivity contribution in [3.8, 4) is 0 Å². The van der Waals surface area contributed by atoms with Crippen LogP contribution in [0, 0.1) is 0 Å². The molecule has 12 heavy (non-hydrogen) atoms. The van der Waals surface area contributed by atoms with Crippen molar-refractivity contribution in [2.45, 2.75) is 13.0 Å². The summed E-state index contributed by atoms with van der Waals surface area (Å²) >= 11 is 0. The van der Waals surface area contributed by atoms with Crippen LogP contribution in [0.3, 0.4) is 0 Å². The number of ether oxygens (including phenoxy) is 1. The van der Waals surface area contributed by atoms with Crippen molar-refractivity contribution in [2.24, 2.45) is 0 Å². The number of carbonyl (C=O) groups excluding carboxylic acids is 1. The first-order chi connectivity index (χ1) is 5.74. The summed E-state index contributed by atoms with van der Waals surface area (Å²) in [7, 11) is 1.32. The summed E-state index contributed by atoms with van der Waals surface area (Å²) in [5.74, 6) is 0.709. The van der Waals surface area contributed by atoms with Gasteiger partial charge in [-0.2, -0.15) is 0 Å². The predicted octanol–water partition coefficient (Wildman–Crippen LogP) is 1.70.